The van der Waals surface area contributed by atoms with Crippen LogP contribution in [0.15, 0.2) is 66.7 Å². The number of hydrogen-bond donors (Lipinski definition) is 1. The van der Waals surface area contributed by atoms with Gasteiger partial charge in [-0.3, -0.25) is 9.59 Å². The van der Waals surface area contributed by atoms with E-state index < -0.39 is 23.7 Å². The summed E-state index contributed by atoms with van der Waals surface area (Å²) in [4.78, 5) is 28.2. The van der Waals surface area contributed by atoms with E-state index in [2.05, 4.69) is 0 Å². The summed E-state index contributed by atoms with van der Waals surface area (Å²) in [7, 11) is 2.96. The first-order chi connectivity index (χ1) is 15.9. The molecule has 0 aromatic heterocycles. The van der Waals surface area contributed by atoms with Gasteiger partial charge in [0.25, 0.3) is 5.91 Å². The van der Waals surface area contributed by atoms with Crippen LogP contribution in [-0.2, 0) is 16.8 Å². The maximum Gasteiger partial charge on any atom is 0.264 e. The summed E-state index contributed by atoms with van der Waals surface area (Å²) in [6.45, 7) is 0.361. The minimum absolute atomic E-state index is 0.255. The fourth-order valence-electron chi connectivity index (χ4n) is 4.16. The van der Waals surface area contributed by atoms with E-state index in [1.807, 2.05) is 30.3 Å². The molecule has 6 nitrogen and oxygen atoms in total. The summed E-state index contributed by atoms with van der Waals surface area (Å²) < 4.78 is 10.5. The molecule has 170 valence electrons. The Kier molecular flexibility index (Phi) is 6.40. The molecule has 3 aromatic rings. The molecule has 0 fully saturated rings. The normalized spacial score (nSPS) is 17.1. The number of carbonyl (C=O) groups excluding carboxylic acids is 2. The fourth-order valence-corrected chi connectivity index (χ4v) is 4.33. The zero-order chi connectivity index (χ0) is 23.6. The number of amides is 1. The van der Waals surface area contributed by atoms with Crippen molar-refractivity contribution in [2.45, 2.75) is 18.4 Å². The summed E-state index contributed by atoms with van der Waals surface area (Å²) in [5.41, 5.74) is 0.172. The van der Waals surface area contributed by atoms with Crippen LogP contribution in [0.1, 0.15) is 27.9 Å². The Morgan fingerprint density at radius 3 is 2.48 bits per heavy atom. The molecule has 1 aliphatic heterocycles. The molecule has 1 amide bonds. The fraction of sp³-hybridized carbons (Fsp3) is 0.231. The Morgan fingerprint density at radius 1 is 1.03 bits per heavy atom. The number of ketones is 1. The van der Waals surface area contributed by atoms with Crippen LogP contribution < -0.4 is 14.4 Å². The highest BCUT2D eigenvalue weighted by atomic mass is 35.5. The van der Waals surface area contributed by atoms with Gasteiger partial charge in [0.2, 0.25) is 0 Å². The predicted octanol–water partition coefficient (Wildman–Crippen LogP) is 4.41. The van der Waals surface area contributed by atoms with Gasteiger partial charge in [0, 0.05) is 23.2 Å². The Bertz CT molecular complexity index is 1200. The van der Waals surface area contributed by atoms with Crippen molar-refractivity contribution < 1.29 is 24.2 Å². The molecule has 1 N–H and O–H groups in total. The van der Waals surface area contributed by atoms with Crippen LogP contribution in [0.4, 0.5) is 5.69 Å². The van der Waals surface area contributed by atoms with Gasteiger partial charge >= 0.3 is 0 Å². The lowest BCUT2D eigenvalue weighted by Crippen LogP contribution is -2.42. The van der Waals surface area contributed by atoms with Crippen molar-refractivity contribution in [1.82, 2.24) is 0 Å². The number of rotatable bonds is 8. The number of ether oxygens (including phenoxy) is 2. The number of methoxy groups -OCH3 is 2. The molecule has 1 aliphatic rings. The minimum Gasteiger partial charge on any atom is -0.497 e. The summed E-state index contributed by atoms with van der Waals surface area (Å²) >= 11 is 6.19. The molecule has 0 saturated carbocycles. The number of aliphatic hydroxyl groups is 1. The second kappa shape index (κ2) is 9.25. The first-order valence-electron chi connectivity index (χ1n) is 10.5. The minimum atomic E-state index is -2.03. The average Bonchev–Trinajstić information content (AvgIpc) is 3.03. The summed E-state index contributed by atoms with van der Waals surface area (Å²) in [5, 5.41) is 11.9. The van der Waals surface area contributed by atoms with Crippen molar-refractivity contribution in [3.63, 3.8) is 0 Å². The Labute approximate surface area is 197 Å². The molecule has 0 radical (unpaired) electrons. The molecule has 1 unspecified atom stereocenters. The quantitative estimate of drug-likeness (QED) is 0.499. The number of hydrogen-bond acceptors (Lipinski definition) is 5. The molecule has 0 aliphatic carbocycles. The van der Waals surface area contributed by atoms with Crippen molar-refractivity contribution in [2.24, 2.45) is 0 Å². The third-order valence-corrected chi connectivity index (χ3v) is 6.12. The van der Waals surface area contributed by atoms with E-state index in [1.165, 1.54) is 19.1 Å². The smallest absolute Gasteiger partial charge is 0.264 e. The number of halogens is 1. The highest BCUT2D eigenvalue weighted by molar-refractivity contribution is 6.31. The third-order valence-electron chi connectivity index (χ3n) is 5.89. The average molecular weight is 466 g/mol. The van der Waals surface area contributed by atoms with E-state index in [0.29, 0.717) is 40.7 Å². The van der Waals surface area contributed by atoms with E-state index in [4.69, 9.17) is 21.1 Å². The molecular weight excluding hydrogens is 442 g/mol. The SMILES string of the molecule is COc1ccc(C(=O)CC2(O)C(=O)N(CCc3ccccc3)c3ccc(Cl)cc32)c(OC)c1. The Balaban J connectivity index is 1.65. The van der Waals surface area contributed by atoms with E-state index in [0.717, 1.165) is 5.56 Å². The van der Waals surface area contributed by atoms with Gasteiger partial charge in [-0.1, -0.05) is 41.9 Å². The molecule has 4 rings (SSSR count). The van der Waals surface area contributed by atoms with Gasteiger partial charge in [0.05, 0.1) is 31.9 Å². The highest BCUT2D eigenvalue weighted by Gasteiger charge is 2.51. The number of Topliss-reactive ketones (excluding diaryl/α,β-unsaturated/α-hetero) is 1. The molecule has 7 heteroatoms. The van der Waals surface area contributed by atoms with Crippen molar-refractivity contribution >= 4 is 29.0 Å². The second-order valence-electron chi connectivity index (χ2n) is 7.88. The van der Waals surface area contributed by atoms with Gasteiger partial charge in [-0.05, 0) is 42.3 Å². The predicted molar refractivity (Wildman–Crippen MR) is 126 cm³/mol. The van der Waals surface area contributed by atoms with Gasteiger partial charge in [-0.25, -0.2) is 0 Å². The van der Waals surface area contributed by atoms with Crippen LogP contribution in [0.25, 0.3) is 0 Å². The summed E-state index contributed by atoms with van der Waals surface area (Å²) in [5.74, 6) is -0.137. The molecular formula is C26H24ClNO5. The van der Waals surface area contributed by atoms with Gasteiger partial charge in [-0.15, -0.1) is 0 Å². The number of anilines is 1. The molecule has 1 heterocycles. The van der Waals surface area contributed by atoms with Crippen LogP contribution in [0.3, 0.4) is 0 Å². The molecule has 0 saturated heterocycles. The molecule has 33 heavy (non-hydrogen) atoms. The molecule has 3 aromatic carbocycles. The van der Waals surface area contributed by atoms with Crippen molar-refractivity contribution in [1.29, 1.82) is 0 Å². The lowest BCUT2D eigenvalue weighted by atomic mass is 9.88. The van der Waals surface area contributed by atoms with Gasteiger partial charge in [0.1, 0.15) is 11.5 Å². The molecule has 0 bridgehead atoms. The van der Waals surface area contributed by atoms with Gasteiger partial charge < -0.3 is 19.5 Å². The third kappa shape index (κ3) is 4.32. The number of nitrogens with zero attached hydrogens (tertiary/aromatic N) is 1. The number of benzene rings is 3. The Hall–Kier alpha value is -3.35. The topological polar surface area (TPSA) is 76.1 Å². The maximum absolute atomic E-state index is 13.5. The monoisotopic (exact) mass is 465 g/mol. The van der Waals surface area contributed by atoms with E-state index >= 15 is 0 Å². The van der Waals surface area contributed by atoms with E-state index in [-0.39, 0.29) is 5.56 Å². The van der Waals surface area contributed by atoms with Gasteiger partial charge in [-0.2, -0.15) is 0 Å². The molecule has 1 atom stereocenters. The second-order valence-corrected chi connectivity index (χ2v) is 8.32. The van der Waals surface area contributed by atoms with Crippen molar-refractivity contribution in [3.8, 4) is 11.5 Å². The lowest BCUT2D eigenvalue weighted by molar-refractivity contribution is -0.135. The van der Waals surface area contributed by atoms with E-state index in [9.17, 15) is 14.7 Å². The van der Waals surface area contributed by atoms with Gasteiger partial charge in [0.15, 0.2) is 11.4 Å². The number of fused-ring (bicyclic) bond motifs is 1. The number of carbonyl (C=O) groups is 2. The van der Waals surface area contributed by atoms with Crippen LogP contribution in [0.2, 0.25) is 5.02 Å². The van der Waals surface area contributed by atoms with Crippen LogP contribution >= 0.6 is 11.6 Å². The first-order valence-corrected chi connectivity index (χ1v) is 10.9. The lowest BCUT2D eigenvalue weighted by Gasteiger charge is -2.23. The van der Waals surface area contributed by atoms with E-state index in [1.54, 1.807) is 36.4 Å². The highest BCUT2D eigenvalue weighted by Crippen LogP contribution is 2.44. The zero-order valence-electron chi connectivity index (χ0n) is 18.4. The standard InChI is InChI=1S/C26H24ClNO5/c1-32-19-9-10-20(24(15-19)33-2)23(29)16-26(31)21-14-18(27)8-11-22(21)28(25(26)30)13-12-17-6-4-3-5-7-17/h3-11,14-15,31H,12-13,16H2,1-2H3. The molecule has 0 spiro atoms. The van der Waals surface area contributed by atoms with Crippen LogP contribution in [0.5, 0.6) is 11.5 Å². The van der Waals surface area contributed by atoms with Crippen LogP contribution in [0, 0.1) is 0 Å². The largest absolute Gasteiger partial charge is 0.497 e. The first kappa shape index (κ1) is 22.8. The van der Waals surface area contributed by atoms with Crippen LogP contribution in [-0.4, -0.2) is 37.6 Å². The van der Waals surface area contributed by atoms with Crippen molar-refractivity contribution in [2.75, 3.05) is 25.7 Å². The summed E-state index contributed by atoms with van der Waals surface area (Å²) in [6, 6.07) is 19.5. The summed E-state index contributed by atoms with van der Waals surface area (Å²) in [6.07, 6.45) is 0.161. The maximum atomic E-state index is 13.5. The Morgan fingerprint density at radius 2 is 1.79 bits per heavy atom. The zero-order valence-corrected chi connectivity index (χ0v) is 19.1. The van der Waals surface area contributed by atoms with Crippen molar-refractivity contribution in [3.05, 3.63) is 88.4 Å².